The maximum atomic E-state index is 13.3. The summed E-state index contributed by atoms with van der Waals surface area (Å²) in [4.78, 5) is 17.0. The molecule has 23 heavy (non-hydrogen) atoms. The van der Waals surface area contributed by atoms with E-state index < -0.39 is 30.4 Å². The minimum absolute atomic E-state index is 0. The molecule has 1 fully saturated rings. The third kappa shape index (κ3) is 5.74. The zero-order chi connectivity index (χ0) is 16.5. The van der Waals surface area contributed by atoms with Gasteiger partial charge in [-0.1, -0.05) is 0 Å². The van der Waals surface area contributed by atoms with Crippen molar-refractivity contribution in [2.45, 2.75) is 38.1 Å². The summed E-state index contributed by atoms with van der Waals surface area (Å²) >= 11 is 0. The Bertz CT molecular complexity index is 537. The van der Waals surface area contributed by atoms with Crippen LogP contribution in [-0.2, 0) is 4.74 Å². The first-order valence-corrected chi connectivity index (χ1v) is 7.16. The van der Waals surface area contributed by atoms with Crippen LogP contribution in [0, 0.1) is 0 Å². The van der Waals surface area contributed by atoms with Crippen molar-refractivity contribution in [3.63, 3.8) is 0 Å². The molecule has 2 unspecified atom stereocenters. The van der Waals surface area contributed by atoms with Gasteiger partial charge in [-0.25, -0.2) is 4.79 Å². The third-order valence-corrected chi connectivity index (χ3v) is 3.64. The van der Waals surface area contributed by atoms with E-state index in [0.29, 0.717) is 5.56 Å². The first kappa shape index (κ1) is 21.0. The number of amides is 1. The quantitative estimate of drug-likeness (QED) is 0.732. The van der Waals surface area contributed by atoms with Crippen LogP contribution < -0.4 is 51.4 Å². The van der Waals surface area contributed by atoms with E-state index in [2.05, 4.69) is 4.98 Å². The number of carbonyl (C=O) groups excluding carboxylic acids is 1. The molecule has 0 spiro atoms. The smallest absolute Gasteiger partial charge is 0.449 e. The maximum Gasteiger partial charge on any atom is 1.00 e. The maximum absolute atomic E-state index is 13.3. The van der Waals surface area contributed by atoms with E-state index in [9.17, 15) is 17.7 Å². The van der Waals surface area contributed by atoms with Gasteiger partial charge in [0, 0.05) is 25.5 Å². The average molecular weight is 354 g/mol. The summed E-state index contributed by atoms with van der Waals surface area (Å²) in [5.41, 5.74) is -0.185. The number of pyridine rings is 1. The second kappa shape index (κ2) is 7.86. The Hall–Kier alpha value is -0.0887. The third-order valence-electron chi connectivity index (χ3n) is 3.64. The average Bonchev–Trinajstić information content (AvgIpc) is 2.82. The second-order valence-electron chi connectivity index (χ2n) is 6.56. The fourth-order valence-electron chi connectivity index (χ4n) is 2.65. The van der Waals surface area contributed by atoms with Gasteiger partial charge in [-0.05, 0) is 50.2 Å². The molecular formula is C14H19BF3KN2O2. The predicted molar refractivity (Wildman–Crippen MR) is 77.6 cm³/mol. The molecule has 1 aliphatic rings. The molecule has 0 radical (unpaired) electrons. The van der Waals surface area contributed by atoms with Gasteiger partial charge in [0.25, 0.3) is 0 Å². The number of hydrogen-bond acceptors (Lipinski definition) is 3. The molecule has 1 amide bonds. The molecule has 1 aromatic rings. The minimum Gasteiger partial charge on any atom is -0.449 e. The minimum atomic E-state index is -5.05. The molecule has 1 saturated heterocycles. The summed E-state index contributed by atoms with van der Waals surface area (Å²) in [6.45, 7) is -0.342. The molecule has 0 bridgehead atoms. The Labute approximate surface area is 176 Å². The van der Waals surface area contributed by atoms with Gasteiger partial charge in [-0.15, -0.1) is 0 Å². The molecule has 0 saturated carbocycles. The SMILES string of the molecule is CC(C)(C)OC(=O)N1CC(c2ccncc2)C([B-](F)(F)F)C1.[K+]. The Morgan fingerprint density at radius 1 is 1.26 bits per heavy atom. The van der Waals surface area contributed by atoms with Crippen molar-refractivity contribution in [2.24, 2.45) is 0 Å². The first-order chi connectivity index (χ1) is 10.1. The van der Waals surface area contributed by atoms with E-state index in [1.54, 1.807) is 32.9 Å². The molecule has 0 N–H and O–H groups in total. The van der Waals surface area contributed by atoms with Gasteiger partial charge < -0.3 is 22.6 Å². The summed E-state index contributed by atoms with van der Waals surface area (Å²) in [5.74, 6) is -2.30. The number of nitrogens with zero attached hydrogens (tertiary/aromatic N) is 2. The summed E-state index contributed by atoms with van der Waals surface area (Å²) in [7, 11) is 0. The number of rotatable bonds is 2. The van der Waals surface area contributed by atoms with Crippen molar-refractivity contribution in [2.75, 3.05) is 13.1 Å². The van der Waals surface area contributed by atoms with Gasteiger partial charge in [0.15, 0.2) is 0 Å². The van der Waals surface area contributed by atoms with Gasteiger partial charge >= 0.3 is 64.5 Å². The standard InChI is InChI=1S/C14H19BF3N2O2.K/c1-14(2,3)22-13(21)20-8-11(10-4-6-19-7-5-10)12(9-20)15(16,17)18;/h4-7,11-12H,8-9H2,1-3H3;/q-1;+1. The fraction of sp³-hybridized carbons (Fsp3) is 0.571. The number of likely N-dealkylation sites (tertiary alicyclic amines) is 1. The van der Waals surface area contributed by atoms with Gasteiger partial charge in [0.05, 0.1) is 0 Å². The van der Waals surface area contributed by atoms with Crippen molar-refractivity contribution >= 4 is 13.1 Å². The van der Waals surface area contributed by atoms with Crippen LogP contribution in [0.5, 0.6) is 0 Å². The van der Waals surface area contributed by atoms with Crippen LogP contribution in [0.3, 0.4) is 0 Å². The van der Waals surface area contributed by atoms with Gasteiger partial charge in [0.1, 0.15) is 5.60 Å². The van der Waals surface area contributed by atoms with Crippen LogP contribution in [0.25, 0.3) is 0 Å². The predicted octanol–water partition coefficient (Wildman–Crippen LogP) is 0.637. The summed E-state index contributed by atoms with van der Waals surface area (Å²) in [5, 5.41) is 0. The van der Waals surface area contributed by atoms with Gasteiger partial charge in [0.2, 0.25) is 0 Å². The van der Waals surface area contributed by atoms with Crippen LogP contribution in [-0.4, -0.2) is 41.6 Å². The fourth-order valence-corrected chi connectivity index (χ4v) is 2.65. The first-order valence-electron chi connectivity index (χ1n) is 7.16. The summed E-state index contributed by atoms with van der Waals surface area (Å²) in [6, 6.07) is 3.14. The molecule has 2 rings (SSSR count). The molecule has 1 aliphatic heterocycles. The number of halogens is 3. The summed E-state index contributed by atoms with van der Waals surface area (Å²) in [6.07, 6.45) is 2.23. The van der Waals surface area contributed by atoms with Crippen LogP contribution in [0.2, 0.25) is 5.82 Å². The van der Waals surface area contributed by atoms with E-state index >= 15 is 0 Å². The van der Waals surface area contributed by atoms with Crippen LogP contribution >= 0.6 is 0 Å². The van der Waals surface area contributed by atoms with Crippen LogP contribution in [0.15, 0.2) is 24.5 Å². The van der Waals surface area contributed by atoms with E-state index in [0.717, 1.165) is 4.90 Å². The largest absolute Gasteiger partial charge is 1.00 e. The molecule has 2 heterocycles. The molecule has 122 valence electrons. The topological polar surface area (TPSA) is 42.4 Å². The number of carbonyl (C=O) groups is 1. The van der Waals surface area contributed by atoms with Crippen LogP contribution in [0.4, 0.5) is 17.7 Å². The van der Waals surface area contributed by atoms with Crippen molar-refractivity contribution < 1.29 is 73.9 Å². The molecule has 9 heteroatoms. The van der Waals surface area contributed by atoms with E-state index in [1.807, 2.05) is 0 Å². The van der Waals surface area contributed by atoms with E-state index in [-0.39, 0.29) is 64.5 Å². The Morgan fingerprint density at radius 3 is 2.30 bits per heavy atom. The Balaban J connectivity index is 0.00000264. The van der Waals surface area contributed by atoms with Crippen LogP contribution in [0.1, 0.15) is 32.3 Å². The Morgan fingerprint density at radius 2 is 1.83 bits per heavy atom. The van der Waals surface area contributed by atoms with E-state index in [4.69, 9.17) is 4.74 Å². The van der Waals surface area contributed by atoms with Crippen molar-refractivity contribution in [1.82, 2.24) is 9.88 Å². The Kier molecular flexibility index (Phi) is 7.16. The molecular weight excluding hydrogens is 335 g/mol. The van der Waals surface area contributed by atoms with Gasteiger partial charge in [-0.2, -0.15) is 0 Å². The zero-order valence-electron chi connectivity index (χ0n) is 13.8. The number of ether oxygens (including phenoxy) is 1. The molecule has 1 aromatic heterocycles. The van der Waals surface area contributed by atoms with E-state index in [1.165, 1.54) is 12.4 Å². The van der Waals surface area contributed by atoms with Crippen molar-refractivity contribution in [3.05, 3.63) is 30.1 Å². The molecule has 2 atom stereocenters. The molecule has 4 nitrogen and oxygen atoms in total. The molecule has 0 aromatic carbocycles. The number of aromatic nitrogens is 1. The molecule has 0 aliphatic carbocycles. The van der Waals surface area contributed by atoms with Crippen molar-refractivity contribution in [3.8, 4) is 0 Å². The summed E-state index contributed by atoms with van der Waals surface area (Å²) < 4.78 is 45.2. The zero-order valence-corrected chi connectivity index (χ0v) is 16.9. The monoisotopic (exact) mass is 354 g/mol. The normalized spacial score (nSPS) is 21.7. The van der Waals surface area contributed by atoms with Gasteiger partial charge in [-0.3, -0.25) is 4.98 Å². The number of hydrogen-bond donors (Lipinski definition) is 0. The second-order valence-corrected chi connectivity index (χ2v) is 6.56. The van der Waals surface area contributed by atoms with Crippen molar-refractivity contribution in [1.29, 1.82) is 0 Å².